The van der Waals surface area contributed by atoms with Crippen molar-refractivity contribution in [3.05, 3.63) is 77.9 Å². The normalized spacial score (nSPS) is 35.4. The van der Waals surface area contributed by atoms with E-state index in [9.17, 15) is 19.5 Å². The predicted octanol–water partition coefficient (Wildman–Crippen LogP) is 4.89. The first-order valence-corrected chi connectivity index (χ1v) is 14.1. The van der Waals surface area contributed by atoms with Gasteiger partial charge in [0.25, 0.3) is 0 Å². The zero-order valence-corrected chi connectivity index (χ0v) is 24.2. The molecule has 1 N–H and O–H groups in total. The molecule has 2 aromatic rings. The van der Waals surface area contributed by atoms with Crippen LogP contribution < -0.4 is 0 Å². The SMILES string of the molecule is CC(=O)O[C@@H]1C[C@](C)(O)[C@@]23C[C@@H](C[C@H](OC(=O)C=Cc4ccccc4)[C@]2(C)[C@H]1OC(=O)c1ccccc1)C(C)(C)O3. The molecular weight excluding hydrogens is 524 g/mol. The van der Waals surface area contributed by atoms with Crippen molar-refractivity contribution in [2.45, 2.75) is 89.0 Å². The number of esters is 3. The Morgan fingerprint density at radius 1 is 0.902 bits per heavy atom. The lowest BCUT2D eigenvalue weighted by molar-refractivity contribution is -0.323. The summed E-state index contributed by atoms with van der Waals surface area (Å²) in [6.45, 7) is 8.68. The van der Waals surface area contributed by atoms with Gasteiger partial charge in [0.2, 0.25) is 0 Å². The van der Waals surface area contributed by atoms with Crippen molar-refractivity contribution in [2.75, 3.05) is 0 Å². The average Bonchev–Trinajstić information content (AvgIpc) is 3.17. The number of benzene rings is 2. The Morgan fingerprint density at radius 3 is 2.17 bits per heavy atom. The fourth-order valence-corrected chi connectivity index (χ4v) is 7.35. The third kappa shape index (κ3) is 4.97. The highest BCUT2D eigenvalue weighted by Gasteiger charge is 2.79. The molecule has 0 aromatic heterocycles. The largest absolute Gasteiger partial charge is 0.458 e. The molecular formula is C33H38O8. The van der Waals surface area contributed by atoms with E-state index in [1.807, 2.05) is 51.1 Å². The van der Waals surface area contributed by atoms with Gasteiger partial charge in [-0.2, -0.15) is 0 Å². The van der Waals surface area contributed by atoms with Gasteiger partial charge in [0.15, 0.2) is 6.10 Å². The van der Waals surface area contributed by atoms with Crippen LogP contribution in [0, 0.1) is 11.3 Å². The molecule has 41 heavy (non-hydrogen) atoms. The minimum Gasteiger partial charge on any atom is -0.458 e. The van der Waals surface area contributed by atoms with Crippen LogP contribution in [0.3, 0.4) is 0 Å². The zero-order chi connectivity index (χ0) is 29.6. The number of ether oxygens (including phenoxy) is 4. The lowest BCUT2D eigenvalue weighted by Crippen LogP contribution is -2.77. The van der Waals surface area contributed by atoms with Crippen molar-refractivity contribution >= 4 is 24.0 Å². The first-order valence-electron chi connectivity index (χ1n) is 14.1. The van der Waals surface area contributed by atoms with Crippen LogP contribution in [-0.4, -0.2) is 58.1 Å². The van der Waals surface area contributed by atoms with Crippen LogP contribution in [0.15, 0.2) is 66.7 Å². The second-order valence-electron chi connectivity index (χ2n) is 12.4. The Balaban J connectivity index is 1.58. The van der Waals surface area contributed by atoms with Crippen molar-refractivity contribution in [1.29, 1.82) is 0 Å². The van der Waals surface area contributed by atoms with Crippen molar-refractivity contribution in [1.82, 2.24) is 0 Å². The average molecular weight is 563 g/mol. The van der Waals surface area contributed by atoms with E-state index < -0.39 is 58.4 Å². The van der Waals surface area contributed by atoms with Crippen molar-refractivity contribution in [3.63, 3.8) is 0 Å². The number of carbonyl (C=O) groups is 3. The van der Waals surface area contributed by atoms with E-state index in [4.69, 9.17) is 18.9 Å². The Hall–Kier alpha value is -3.49. The van der Waals surface area contributed by atoms with E-state index in [2.05, 4.69) is 0 Å². The summed E-state index contributed by atoms with van der Waals surface area (Å²) in [4.78, 5) is 39.0. The molecule has 3 fully saturated rings. The Bertz CT molecular complexity index is 1330. The zero-order valence-electron chi connectivity index (χ0n) is 24.2. The molecule has 218 valence electrons. The second kappa shape index (κ2) is 10.4. The van der Waals surface area contributed by atoms with Crippen molar-refractivity contribution < 1.29 is 38.4 Å². The lowest BCUT2D eigenvalue weighted by atomic mass is 9.48. The molecule has 1 spiro atoms. The number of hydrogen-bond donors (Lipinski definition) is 1. The molecule has 2 saturated carbocycles. The topological polar surface area (TPSA) is 108 Å². The standard InChI is InChI=1S/C33H38O8/c1-21(34)38-25-20-31(4,37)33-19-24(30(2,3)41-33)18-26(39-27(35)17-16-22-12-8-6-9-13-22)32(33,5)28(25)40-29(36)23-14-10-7-11-15-23/h6-17,24-26,28,37H,18-20H2,1-5H3/t24-,25-,26+,28+,31+,32-,33+/m1/s1. The van der Waals surface area contributed by atoms with Gasteiger partial charge in [-0.3, -0.25) is 4.79 Å². The van der Waals surface area contributed by atoms with Crippen molar-refractivity contribution in [3.8, 4) is 0 Å². The summed E-state index contributed by atoms with van der Waals surface area (Å²) in [6, 6.07) is 17.9. The number of rotatable bonds is 6. The van der Waals surface area contributed by atoms with Crippen LogP contribution >= 0.6 is 0 Å². The minimum absolute atomic E-state index is 0.0215. The van der Waals surface area contributed by atoms with E-state index in [1.54, 1.807) is 43.3 Å². The molecule has 1 heterocycles. The summed E-state index contributed by atoms with van der Waals surface area (Å²) in [5.41, 5.74) is -3.54. The maximum absolute atomic E-state index is 13.5. The molecule has 0 amide bonds. The van der Waals surface area contributed by atoms with Crippen LogP contribution in [0.1, 0.15) is 69.8 Å². The fourth-order valence-electron chi connectivity index (χ4n) is 7.35. The summed E-state index contributed by atoms with van der Waals surface area (Å²) in [5, 5.41) is 12.1. The van der Waals surface area contributed by atoms with E-state index >= 15 is 0 Å². The van der Waals surface area contributed by atoms with Crippen LogP contribution in [0.5, 0.6) is 0 Å². The highest BCUT2D eigenvalue weighted by atomic mass is 16.6. The highest BCUT2D eigenvalue weighted by molar-refractivity contribution is 5.89. The summed E-state index contributed by atoms with van der Waals surface area (Å²) in [6.07, 6.45) is 0.983. The predicted molar refractivity (Wildman–Crippen MR) is 151 cm³/mol. The molecule has 7 atom stereocenters. The Kier molecular flexibility index (Phi) is 7.37. The summed E-state index contributed by atoms with van der Waals surface area (Å²) in [5.74, 6) is -1.81. The minimum atomic E-state index is -1.51. The van der Waals surface area contributed by atoms with Gasteiger partial charge in [0.1, 0.15) is 17.8 Å². The Morgan fingerprint density at radius 2 is 1.54 bits per heavy atom. The summed E-state index contributed by atoms with van der Waals surface area (Å²) in [7, 11) is 0. The van der Waals surface area contributed by atoms with E-state index in [0.717, 1.165) is 5.56 Å². The first-order chi connectivity index (χ1) is 19.3. The molecule has 2 aromatic carbocycles. The van der Waals surface area contributed by atoms with E-state index in [0.29, 0.717) is 18.4 Å². The van der Waals surface area contributed by atoms with Gasteiger partial charge in [0, 0.05) is 19.4 Å². The van der Waals surface area contributed by atoms with Gasteiger partial charge >= 0.3 is 17.9 Å². The van der Waals surface area contributed by atoms with Crippen LogP contribution in [0.4, 0.5) is 0 Å². The molecule has 5 rings (SSSR count). The van der Waals surface area contributed by atoms with Gasteiger partial charge in [-0.15, -0.1) is 0 Å². The molecule has 1 aliphatic heterocycles. The first kappa shape index (κ1) is 29.0. The fraction of sp³-hybridized carbons (Fsp3) is 0.485. The number of hydrogen-bond acceptors (Lipinski definition) is 8. The number of aliphatic hydroxyl groups is 1. The van der Waals surface area contributed by atoms with Crippen LogP contribution in [-0.2, 0) is 28.5 Å². The monoisotopic (exact) mass is 562 g/mol. The molecule has 0 radical (unpaired) electrons. The maximum atomic E-state index is 13.5. The molecule has 0 unspecified atom stereocenters. The van der Waals surface area contributed by atoms with Crippen molar-refractivity contribution in [2.24, 2.45) is 11.3 Å². The molecule has 1 saturated heterocycles. The molecule has 2 bridgehead atoms. The van der Waals surface area contributed by atoms with E-state index in [-0.39, 0.29) is 12.3 Å². The van der Waals surface area contributed by atoms with Gasteiger partial charge in [-0.05, 0) is 70.2 Å². The third-order valence-corrected chi connectivity index (χ3v) is 9.42. The van der Waals surface area contributed by atoms with Gasteiger partial charge in [0.05, 0.1) is 22.2 Å². The molecule has 8 nitrogen and oxygen atoms in total. The maximum Gasteiger partial charge on any atom is 0.338 e. The smallest absolute Gasteiger partial charge is 0.338 e. The molecule has 2 aliphatic carbocycles. The third-order valence-electron chi connectivity index (χ3n) is 9.42. The summed E-state index contributed by atoms with van der Waals surface area (Å²) < 4.78 is 24.9. The van der Waals surface area contributed by atoms with Crippen LogP contribution in [0.2, 0.25) is 0 Å². The van der Waals surface area contributed by atoms with Gasteiger partial charge in [-0.25, -0.2) is 9.59 Å². The number of carbonyl (C=O) groups excluding carboxylic acids is 3. The Labute approximate surface area is 240 Å². The highest BCUT2D eigenvalue weighted by Crippen LogP contribution is 2.68. The van der Waals surface area contributed by atoms with Gasteiger partial charge < -0.3 is 24.1 Å². The van der Waals surface area contributed by atoms with E-state index in [1.165, 1.54) is 13.0 Å². The lowest BCUT2D eigenvalue weighted by Gasteiger charge is -2.63. The van der Waals surface area contributed by atoms with Crippen LogP contribution in [0.25, 0.3) is 6.08 Å². The molecule has 8 heteroatoms. The second-order valence-corrected chi connectivity index (χ2v) is 12.4. The molecule has 3 aliphatic rings. The number of fused-ring (bicyclic) bond motifs is 1. The quantitative estimate of drug-likeness (QED) is 0.301. The van der Waals surface area contributed by atoms with Gasteiger partial charge in [-0.1, -0.05) is 48.5 Å². The summed E-state index contributed by atoms with van der Waals surface area (Å²) >= 11 is 0.